The number of hydrogen-bond acceptors (Lipinski definition) is 6. The predicted molar refractivity (Wildman–Crippen MR) is 111 cm³/mol. The first-order valence-corrected chi connectivity index (χ1v) is 9.84. The Balaban J connectivity index is 1.36. The molecule has 0 saturated carbocycles. The number of nitrogens with zero attached hydrogens (tertiary/aromatic N) is 6. The molecule has 0 bridgehead atoms. The van der Waals surface area contributed by atoms with Gasteiger partial charge in [0.05, 0.1) is 30.1 Å². The molecule has 3 aromatic heterocycles. The van der Waals surface area contributed by atoms with E-state index in [9.17, 15) is 4.79 Å². The average Bonchev–Trinajstić information content (AvgIpc) is 3.43. The minimum absolute atomic E-state index is 0.308. The van der Waals surface area contributed by atoms with Crippen molar-refractivity contribution in [3.05, 3.63) is 55.0 Å². The quantitative estimate of drug-likeness (QED) is 0.562. The zero-order valence-electron chi connectivity index (χ0n) is 16.5. The Morgan fingerprint density at radius 1 is 1.17 bits per heavy atom. The van der Waals surface area contributed by atoms with E-state index in [0.717, 1.165) is 48.2 Å². The van der Waals surface area contributed by atoms with E-state index < -0.39 is 0 Å². The molecule has 1 aromatic carbocycles. The molecule has 9 heteroatoms. The van der Waals surface area contributed by atoms with E-state index in [2.05, 4.69) is 25.5 Å². The standard InChI is InChI=1S/C21H21N7O2/c1-27-12-22-10-19(27)14-2-3-17-15(8-14)9-20(26-25-17)24-21(29)18-11-28(13-23-18)16-4-6-30-7-5-16/h2-3,8-13,16H,4-7H2,1H3,(H,24,26,29). The Morgan fingerprint density at radius 3 is 2.83 bits per heavy atom. The molecule has 4 aromatic rings. The summed E-state index contributed by atoms with van der Waals surface area (Å²) >= 11 is 0. The molecule has 0 atom stereocenters. The van der Waals surface area contributed by atoms with E-state index in [1.54, 1.807) is 18.9 Å². The number of benzene rings is 1. The van der Waals surface area contributed by atoms with Crippen molar-refractivity contribution in [2.75, 3.05) is 18.5 Å². The van der Waals surface area contributed by atoms with Gasteiger partial charge in [-0.1, -0.05) is 6.07 Å². The van der Waals surface area contributed by atoms with Crippen molar-refractivity contribution in [3.63, 3.8) is 0 Å². The molecule has 1 N–H and O–H groups in total. The van der Waals surface area contributed by atoms with E-state index in [1.807, 2.05) is 46.6 Å². The van der Waals surface area contributed by atoms with Crippen molar-refractivity contribution in [2.45, 2.75) is 18.9 Å². The zero-order valence-corrected chi connectivity index (χ0v) is 16.5. The average molecular weight is 403 g/mol. The van der Waals surface area contributed by atoms with E-state index >= 15 is 0 Å². The van der Waals surface area contributed by atoms with Crippen LogP contribution in [-0.4, -0.2) is 48.4 Å². The number of fused-ring (bicyclic) bond motifs is 1. The van der Waals surface area contributed by atoms with Gasteiger partial charge in [-0.3, -0.25) is 4.79 Å². The third-order valence-corrected chi connectivity index (χ3v) is 5.39. The van der Waals surface area contributed by atoms with Crippen LogP contribution in [0.5, 0.6) is 0 Å². The van der Waals surface area contributed by atoms with E-state index in [-0.39, 0.29) is 5.91 Å². The van der Waals surface area contributed by atoms with Gasteiger partial charge in [0.15, 0.2) is 5.82 Å². The van der Waals surface area contributed by atoms with Crippen LogP contribution in [0.3, 0.4) is 0 Å². The molecule has 4 heterocycles. The molecule has 9 nitrogen and oxygen atoms in total. The second kappa shape index (κ2) is 7.68. The van der Waals surface area contributed by atoms with Crippen molar-refractivity contribution in [2.24, 2.45) is 7.05 Å². The summed E-state index contributed by atoms with van der Waals surface area (Å²) in [5, 5.41) is 12.0. The first kappa shape index (κ1) is 18.4. The number of imidazole rings is 2. The lowest BCUT2D eigenvalue weighted by molar-refractivity contribution is 0.0695. The summed E-state index contributed by atoms with van der Waals surface area (Å²) in [6.07, 6.45) is 8.90. The molecule has 0 aliphatic carbocycles. The number of aryl methyl sites for hydroxylation is 1. The third-order valence-electron chi connectivity index (χ3n) is 5.39. The van der Waals surface area contributed by atoms with Gasteiger partial charge in [0.1, 0.15) is 5.69 Å². The summed E-state index contributed by atoms with van der Waals surface area (Å²) in [4.78, 5) is 21.1. The van der Waals surface area contributed by atoms with Crippen LogP contribution in [0.25, 0.3) is 22.2 Å². The minimum atomic E-state index is -0.308. The second-order valence-corrected chi connectivity index (χ2v) is 7.40. The number of rotatable bonds is 4. The van der Waals surface area contributed by atoms with Crippen molar-refractivity contribution >= 4 is 22.6 Å². The summed E-state index contributed by atoms with van der Waals surface area (Å²) in [6.45, 7) is 1.47. The fourth-order valence-corrected chi connectivity index (χ4v) is 3.72. The summed E-state index contributed by atoms with van der Waals surface area (Å²) < 4.78 is 9.34. The highest BCUT2D eigenvalue weighted by Crippen LogP contribution is 2.24. The molecule has 1 saturated heterocycles. The molecule has 1 aliphatic heterocycles. The highest BCUT2D eigenvalue weighted by Gasteiger charge is 2.18. The van der Waals surface area contributed by atoms with Gasteiger partial charge in [0, 0.05) is 43.4 Å². The number of nitrogens with one attached hydrogen (secondary N) is 1. The highest BCUT2D eigenvalue weighted by atomic mass is 16.5. The van der Waals surface area contributed by atoms with Crippen LogP contribution >= 0.6 is 0 Å². The Hall–Kier alpha value is -3.59. The zero-order chi connectivity index (χ0) is 20.5. The van der Waals surface area contributed by atoms with Crippen molar-refractivity contribution in [1.29, 1.82) is 0 Å². The van der Waals surface area contributed by atoms with Gasteiger partial charge in [0.25, 0.3) is 5.91 Å². The number of aromatic nitrogens is 6. The number of carbonyl (C=O) groups excluding carboxylic acids is 1. The summed E-state index contributed by atoms with van der Waals surface area (Å²) in [6, 6.07) is 8.03. The number of amides is 1. The smallest absolute Gasteiger partial charge is 0.277 e. The number of ether oxygens (including phenoxy) is 1. The van der Waals surface area contributed by atoms with Gasteiger partial charge in [-0.2, -0.15) is 0 Å². The van der Waals surface area contributed by atoms with Gasteiger partial charge in [-0.15, -0.1) is 10.2 Å². The first-order valence-electron chi connectivity index (χ1n) is 9.84. The lowest BCUT2D eigenvalue weighted by atomic mass is 10.1. The number of hydrogen-bond donors (Lipinski definition) is 1. The Morgan fingerprint density at radius 2 is 2.03 bits per heavy atom. The summed E-state index contributed by atoms with van der Waals surface area (Å²) in [7, 11) is 1.95. The van der Waals surface area contributed by atoms with Crippen LogP contribution in [0.4, 0.5) is 5.82 Å². The fourth-order valence-electron chi connectivity index (χ4n) is 3.72. The van der Waals surface area contributed by atoms with Crippen molar-refractivity contribution < 1.29 is 9.53 Å². The monoisotopic (exact) mass is 403 g/mol. The van der Waals surface area contributed by atoms with Crippen LogP contribution in [-0.2, 0) is 11.8 Å². The lowest BCUT2D eigenvalue weighted by Crippen LogP contribution is -2.18. The van der Waals surface area contributed by atoms with Gasteiger partial charge >= 0.3 is 0 Å². The summed E-state index contributed by atoms with van der Waals surface area (Å²) in [5.41, 5.74) is 3.12. The maximum absolute atomic E-state index is 12.7. The molecule has 30 heavy (non-hydrogen) atoms. The molecule has 5 rings (SSSR count). The van der Waals surface area contributed by atoms with Gasteiger partial charge in [-0.05, 0) is 31.0 Å². The van der Waals surface area contributed by atoms with Crippen LogP contribution < -0.4 is 5.32 Å². The van der Waals surface area contributed by atoms with Crippen LogP contribution in [0.2, 0.25) is 0 Å². The van der Waals surface area contributed by atoms with Crippen LogP contribution in [0.1, 0.15) is 29.4 Å². The maximum atomic E-state index is 12.7. The van der Waals surface area contributed by atoms with Gasteiger partial charge in [0.2, 0.25) is 0 Å². The number of anilines is 1. The Labute approximate surface area is 172 Å². The van der Waals surface area contributed by atoms with Gasteiger partial charge in [-0.25, -0.2) is 9.97 Å². The molecule has 152 valence electrons. The molecule has 1 fully saturated rings. The Kier molecular flexibility index (Phi) is 4.72. The van der Waals surface area contributed by atoms with Crippen LogP contribution in [0.15, 0.2) is 49.3 Å². The predicted octanol–water partition coefficient (Wildman–Crippen LogP) is 2.83. The molecule has 0 radical (unpaired) electrons. The lowest BCUT2D eigenvalue weighted by Gasteiger charge is -2.22. The first-order chi connectivity index (χ1) is 14.7. The molecule has 0 spiro atoms. The fraction of sp³-hybridized carbons (Fsp3) is 0.286. The molecule has 0 unspecified atom stereocenters. The van der Waals surface area contributed by atoms with E-state index in [4.69, 9.17) is 4.74 Å². The largest absolute Gasteiger partial charge is 0.381 e. The van der Waals surface area contributed by atoms with E-state index in [0.29, 0.717) is 17.6 Å². The van der Waals surface area contributed by atoms with Crippen LogP contribution in [0, 0.1) is 0 Å². The highest BCUT2D eigenvalue weighted by molar-refractivity contribution is 6.02. The molecular weight excluding hydrogens is 382 g/mol. The Bertz CT molecular complexity index is 1210. The minimum Gasteiger partial charge on any atom is -0.381 e. The topological polar surface area (TPSA) is 99.8 Å². The molecule has 1 amide bonds. The normalized spacial score (nSPS) is 14.8. The maximum Gasteiger partial charge on any atom is 0.277 e. The van der Waals surface area contributed by atoms with Crippen molar-refractivity contribution in [3.8, 4) is 11.3 Å². The van der Waals surface area contributed by atoms with Crippen molar-refractivity contribution in [1.82, 2.24) is 29.3 Å². The SMILES string of the molecule is Cn1cncc1-c1ccc2nnc(NC(=O)c3cn(C4CCOCC4)cn3)cc2c1. The summed E-state index contributed by atoms with van der Waals surface area (Å²) in [5.74, 6) is 0.0764. The van der Waals surface area contributed by atoms with E-state index in [1.165, 1.54) is 0 Å². The van der Waals surface area contributed by atoms with Gasteiger partial charge < -0.3 is 19.2 Å². The molecule has 1 aliphatic rings. The third kappa shape index (κ3) is 3.55. The second-order valence-electron chi connectivity index (χ2n) is 7.40. The number of carbonyl (C=O) groups is 1. The molecular formula is C21H21N7O2.